The zero-order valence-corrected chi connectivity index (χ0v) is 12.5. The molecule has 0 amide bonds. The quantitative estimate of drug-likeness (QED) is 0.818. The fourth-order valence-electron chi connectivity index (χ4n) is 2.93. The minimum atomic E-state index is -1.08. The number of rotatable bonds is 1. The van der Waals surface area contributed by atoms with E-state index < -0.39 is 29.0 Å². The highest BCUT2D eigenvalue weighted by molar-refractivity contribution is 6.27. The monoisotopic (exact) mass is 304 g/mol. The first-order chi connectivity index (χ1) is 10.3. The SMILES string of the molecule is COc1ccc2c(c1O)C(=O)C1=C(C2=O)[C@H](O)CC(C)(C)O1. The molecule has 0 saturated carbocycles. The second-order valence-corrected chi connectivity index (χ2v) is 6.02. The summed E-state index contributed by atoms with van der Waals surface area (Å²) in [7, 11) is 1.35. The molecule has 2 aliphatic rings. The Morgan fingerprint density at radius 2 is 1.95 bits per heavy atom. The molecule has 1 heterocycles. The van der Waals surface area contributed by atoms with E-state index in [0.29, 0.717) is 0 Å². The lowest BCUT2D eigenvalue weighted by atomic mass is 9.80. The van der Waals surface area contributed by atoms with Crippen molar-refractivity contribution in [2.75, 3.05) is 7.11 Å². The number of phenols is 1. The van der Waals surface area contributed by atoms with E-state index in [0.717, 1.165) is 0 Å². The number of hydrogen-bond acceptors (Lipinski definition) is 6. The van der Waals surface area contributed by atoms with Crippen LogP contribution in [0.1, 0.15) is 41.0 Å². The number of aliphatic hydroxyl groups excluding tert-OH is 1. The lowest BCUT2D eigenvalue weighted by Crippen LogP contribution is -2.42. The molecular weight excluding hydrogens is 288 g/mol. The summed E-state index contributed by atoms with van der Waals surface area (Å²) in [6, 6.07) is 2.81. The van der Waals surface area contributed by atoms with E-state index >= 15 is 0 Å². The molecule has 0 aromatic heterocycles. The van der Waals surface area contributed by atoms with Crippen LogP contribution in [0.25, 0.3) is 0 Å². The lowest BCUT2D eigenvalue weighted by Gasteiger charge is -2.38. The van der Waals surface area contributed by atoms with Gasteiger partial charge in [0.15, 0.2) is 23.0 Å². The zero-order chi connectivity index (χ0) is 16.2. The van der Waals surface area contributed by atoms with Crippen molar-refractivity contribution >= 4 is 11.6 Å². The summed E-state index contributed by atoms with van der Waals surface area (Å²) < 4.78 is 10.6. The maximum Gasteiger partial charge on any atom is 0.232 e. The lowest BCUT2D eigenvalue weighted by molar-refractivity contribution is -0.0250. The molecule has 0 radical (unpaired) electrons. The van der Waals surface area contributed by atoms with Gasteiger partial charge in [-0.25, -0.2) is 0 Å². The predicted octanol–water partition coefficient (Wildman–Crippen LogP) is 1.59. The van der Waals surface area contributed by atoms with Gasteiger partial charge in [-0.05, 0) is 26.0 Å². The van der Waals surface area contributed by atoms with Gasteiger partial charge >= 0.3 is 0 Å². The summed E-state index contributed by atoms with van der Waals surface area (Å²) in [5, 5.41) is 20.4. The van der Waals surface area contributed by atoms with Gasteiger partial charge in [0, 0.05) is 12.0 Å². The van der Waals surface area contributed by atoms with E-state index in [-0.39, 0.29) is 34.6 Å². The predicted molar refractivity (Wildman–Crippen MR) is 76.1 cm³/mol. The van der Waals surface area contributed by atoms with E-state index in [1.54, 1.807) is 13.8 Å². The van der Waals surface area contributed by atoms with E-state index in [1.807, 2.05) is 0 Å². The highest BCUT2D eigenvalue weighted by Gasteiger charge is 2.45. The topological polar surface area (TPSA) is 93.1 Å². The van der Waals surface area contributed by atoms with Crippen LogP contribution < -0.4 is 4.74 Å². The number of aliphatic hydroxyl groups is 1. The number of ketones is 2. The Morgan fingerprint density at radius 3 is 2.59 bits per heavy atom. The van der Waals surface area contributed by atoms with Gasteiger partial charge in [0.1, 0.15) is 5.60 Å². The van der Waals surface area contributed by atoms with Crippen molar-refractivity contribution in [2.24, 2.45) is 0 Å². The molecule has 22 heavy (non-hydrogen) atoms. The molecule has 6 nitrogen and oxygen atoms in total. The second-order valence-electron chi connectivity index (χ2n) is 6.02. The van der Waals surface area contributed by atoms with Crippen molar-refractivity contribution in [1.82, 2.24) is 0 Å². The summed E-state index contributed by atoms with van der Waals surface area (Å²) in [5.41, 5.74) is -0.918. The molecule has 0 spiro atoms. The fourth-order valence-corrected chi connectivity index (χ4v) is 2.93. The van der Waals surface area contributed by atoms with Crippen LogP contribution in [0.4, 0.5) is 0 Å². The maximum absolute atomic E-state index is 12.7. The van der Waals surface area contributed by atoms with E-state index in [4.69, 9.17) is 9.47 Å². The molecule has 0 saturated heterocycles. The molecule has 116 valence electrons. The van der Waals surface area contributed by atoms with Crippen molar-refractivity contribution in [1.29, 1.82) is 0 Å². The molecule has 0 fully saturated rings. The van der Waals surface area contributed by atoms with Crippen LogP contribution in [0.5, 0.6) is 11.5 Å². The Kier molecular flexibility index (Phi) is 3.04. The normalized spacial score (nSPS) is 22.8. The van der Waals surface area contributed by atoms with Crippen LogP contribution in [0.2, 0.25) is 0 Å². The third-order valence-corrected chi connectivity index (χ3v) is 3.92. The number of allylic oxidation sites excluding steroid dienone is 1. The van der Waals surface area contributed by atoms with Crippen LogP contribution in [-0.2, 0) is 4.74 Å². The highest BCUT2D eigenvalue weighted by Crippen LogP contribution is 2.43. The first-order valence-corrected chi connectivity index (χ1v) is 6.87. The molecule has 0 unspecified atom stereocenters. The van der Waals surface area contributed by atoms with Crippen molar-refractivity contribution in [3.05, 3.63) is 34.6 Å². The number of phenolic OH excluding ortho intramolecular Hbond substituents is 1. The minimum absolute atomic E-state index is 0.0404. The van der Waals surface area contributed by atoms with Gasteiger partial charge in [0.2, 0.25) is 5.78 Å². The molecule has 2 N–H and O–H groups in total. The summed E-state index contributed by atoms with van der Waals surface area (Å²) >= 11 is 0. The number of methoxy groups -OCH3 is 1. The summed E-state index contributed by atoms with van der Waals surface area (Å²) in [4.78, 5) is 25.2. The van der Waals surface area contributed by atoms with Gasteiger partial charge in [-0.1, -0.05) is 0 Å². The summed E-state index contributed by atoms with van der Waals surface area (Å²) in [6.07, 6.45) is -0.866. The first kappa shape index (κ1) is 14.6. The molecule has 3 rings (SSSR count). The van der Waals surface area contributed by atoms with Crippen molar-refractivity contribution in [3.63, 3.8) is 0 Å². The van der Waals surface area contributed by atoms with Crippen LogP contribution in [-0.4, -0.2) is 40.6 Å². The number of hydrogen-bond donors (Lipinski definition) is 2. The molecule has 6 heteroatoms. The van der Waals surface area contributed by atoms with Gasteiger partial charge in [0.05, 0.1) is 24.4 Å². The average molecular weight is 304 g/mol. The van der Waals surface area contributed by atoms with Crippen LogP contribution >= 0.6 is 0 Å². The van der Waals surface area contributed by atoms with E-state index in [1.165, 1.54) is 19.2 Å². The number of aromatic hydroxyl groups is 1. The summed E-state index contributed by atoms with van der Waals surface area (Å²) in [6.45, 7) is 3.44. The largest absolute Gasteiger partial charge is 0.504 e. The zero-order valence-electron chi connectivity index (χ0n) is 12.5. The fraction of sp³-hybridized carbons (Fsp3) is 0.375. The Labute approximate surface area is 127 Å². The number of benzene rings is 1. The Balaban J connectivity index is 2.23. The van der Waals surface area contributed by atoms with Crippen molar-refractivity contribution < 1.29 is 29.3 Å². The Hall–Kier alpha value is -2.34. The average Bonchev–Trinajstić information content (AvgIpc) is 2.42. The molecule has 1 aliphatic carbocycles. The van der Waals surface area contributed by atoms with Gasteiger partial charge in [0.25, 0.3) is 0 Å². The molecule has 1 aliphatic heterocycles. The number of fused-ring (bicyclic) bond motifs is 1. The van der Waals surface area contributed by atoms with Crippen molar-refractivity contribution in [3.8, 4) is 11.5 Å². The molecule has 1 aromatic carbocycles. The van der Waals surface area contributed by atoms with Crippen LogP contribution in [0.3, 0.4) is 0 Å². The Morgan fingerprint density at radius 1 is 1.27 bits per heavy atom. The molecule has 1 atom stereocenters. The first-order valence-electron chi connectivity index (χ1n) is 6.87. The Bertz CT molecular complexity index is 728. The van der Waals surface area contributed by atoms with Crippen molar-refractivity contribution in [2.45, 2.75) is 32.0 Å². The van der Waals surface area contributed by atoms with E-state index in [2.05, 4.69) is 0 Å². The summed E-state index contributed by atoms with van der Waals surface area (Å²) in [5.74, 6) is -1.62. The second kappa shape index (κ2) is 4.58. The molecule has 1 aromatic rings. The number of ether oxygens (including phenoxy) is 2. The highest BCUT2D eigenvalue weighted by atomic mass is 16.5. The smallest absolute Gasteiger partial charge is 0.232 e. The van der Waals surface area contributed by atoms with Crippen LogP contribution in [0.15, 0.2) is 23.5 Å². The third-order valence-electron chi connectivity index (χ3n) is 3.92. The van der Waals surface area contributed by atoms with E-state index in [9.17, 15) is 19.8 Å². The number of Topliss-reactive ketones (excluding diaryl/α,β-unsaturated/α-hetero) is 2. The minimum Gasteiger partial charge on any atom is -0.504 e. The molecular formula is C16H16O6. The van der Waals surface area contributed by atoms with Gasteiger partial charge < -0.3 is 19.7 Å². The maximum atomic E-state index is 12.7. The standard InChI is InChI=1S/C16H16O6/c1-16(2)6-8(17)11-12(18)7-4-5-9(21-3)13(19)10(7)14(20)15(11)22-16/h4-5,8,17,19H,6H2,1-3H3/t8-/m1/s1. The van der Waals surface area contributed by atoms with Gasteiger partial charge in [-0.3, -0.25) is 9.59 Å². The van der Waals surface area contributed by atoms with Gasteiger partial charge in [-0.2, -0.15) is 0 Å². The number of carbonyl (C=O) groups excluding carboxylic acids is 2. The number of carbonyl (C=O) groups is 2. The van der Waals surface area contributed by atoms with Gasteiger partial charge in [-0.15, -0.1) is 0 Å². The molecule has 0 bridgehead atoms. The van der Waals surface area contributed by atoms with Crippen LogP contribution in [0, 0.1) is 0 Å². The third kappa shape index (κ3) is 1.91.